The molecule has 0 fully saturated rings. The van der Waals surface area contributed by atoms with Gasteiger partial charge in [-0.05, 0) is 70.1 Å². The van der Waals surface area contributed by atoms with Crippen LogP contribution in [-0.2, 0) is 6.42 Å². The van der Waals surface area contributed by atoms with Crippen molar-refractivity contribution in [2.45, 2.75) is 24.9 Å². The molecule has 1 aliphatic carbocycles. The number of aliphatic imine (C=N–C) groups is 1. The lowest BCUT2D eigenvalue weighted by atomic mass is 9.87. The van der Waals surface area contributed by atoms with E-state index in [9.17, 15) is 0 Å². The van der Waals surface area contributed by atoms with Crippen LogP contribution in [0.5, 0.6) is 0 Å². The van der Waals surface area contributed by atoms with Crippen molar-refractivity contribution in [2.75, 3.05) is 5.32 Å². The highest BCUT2D eigenvalue weighted by Gasteiger charge is 2.35. The van der Waals surface area contributed by atoms with Gasteiger partial charge in [-0.15, -0.1) is 0 Å². The first-order valence-corrected chi connectivity index (χ1v) is 15.7. The van der Waals surface area contributed by atoms with Crippen LogP contribution < -0.4 is 5.32 Å². The van der Waals surface area contributed by atoms with Crippen molar-refractivity contribution in [1.82, 2.24) is 0 Å². The molecule has 0 spiro atoms. The molecule has 0 amide bonds. The Morgan fingerprint density at radius 3 is 2.18 bits per heavy atom. The van der Waals surface area contributed by atoms with Gasteiger partial charge in [0.25, 0.3) is 0 Å². The minimum absolute atomic E-state index is 0.133. The third-order valence-corrected chi connectivity index (χ3v) is 9.76. The number of furan rings is 2. The number of nitrogens with zero attached hydrogens (tertiary/aromatic N) is 1. The molecule has 45 heavy (non-hydrogen) atoms. The first-order valence-electron chi connectivity index (χ1n) is 15.7. The van der Waals surface area contributed by atoms with Gasteiger partial charge in [-0.1, -0.05) is 103 Å². The maximum Gasteiger partial charge on any atom is 0.205 e. The Kier molecular flexibility index (Phi) is 5.20. The molecule has 1 N–H and O–H groups in total. The van der Waals surface area contributed by atoms with Gasteiger partial charge in [-0.2, -0.15) is 0 Å². The van der Waals surface area contributed by atoms with E-state index in [1.165, 1.54) is 33.0 Å². The summed E-state index contributed by atoms with van der Waals surface area (Å²) in [5, 5.41) is 9.58. The molecule has 214 valence electrons. The molecular weight excluding hydrogens is 552 g/mol. The zero-order valence-electron chi connectivity index (χ0n) is 24.5. The van der Waals surface area contributed by atoms with Crippen LogP contribution in [0.3, 0.4) is 0 Å². The Morgan fingerprint density at radius 1 is 0.600 bits per heavy atom. The number of anilines is 1. The molecule has 4 heteroatoms. The number of hydrogen-bond acceptors (Lipinski definition) is 4. The maximum absolute atomic E-state index is 6.56. The highest BCUT2D eigenvalue weighted by Crippen LogP contribution is 2.45. The summed E-state index contributed by atoms with van der Waals surface area (Å²) in [5.74, 6) is 0.911. The highest BCUT2D eigenvalue weighted by molar-refractivity contribution is 6.29. The number of para-hydroxylation sites is 2. The van der Waals surface area contributed by atoms with Crippen molar-refractivity contribution in [2.24, 2.45) is 4.99 Å². The molecule has 10 rings (SSSR count). The molecule has 4 nitrogen and oxygen atoms in total. The summed E-state index contributed by atoms with van der Waals surface area (Å²) < 4.78 is 12.9. The molecule has 0 saturated heterocycles. The summed E-state index contributed by atoms with van der Waals surface area (Å²) in [4.78, 5) is 5.64. The number of nitrogens with one attached hydrogen (secondary N) is 1. The van der Waals surface area contributed by atoms with Crippen molar-refractivity contribution < 1.29 is 8.83 Å². The molecule has 1 unspecified atom stereocenters. The van der Waals surface area contributed by atoms with Crippen LogP contribution in [0.25, 0.3) is 54.8 Å². The lowest BCUT2D eigenvalue weighted by Crippen LogP contribution is -2.31. The molecule has 0 radical (unpaired) electrons. The fourth-order valence-electron chi connectivity index (χ4n) is 7.72. The van der Waals surface area contributed by atoms with Crippen LogP contribution in [0.1, 0.15) is 34.6 Å². The summed E-state index contributed by atoms with van der Waals surface area (Å²) in [7, 11) is 0. The van der Waals surface area contributed by atoms with Crippen molar-refractivity contribution in [3.05, 3.63) is 150 Å². The van der Waals surface area contributed by atoms with Gasteiger partial charge in [0.1, 0.15) is 22.9 Å². The Balaban J connectivity index is 1.20. The van der Waals surface area contributed by atoms with Crippen molar-refractivity contribution in [1.29, 1.82) is 0 Å². The molecule has 0 saturated carbocycles. The Bertz CT molecular complexity index is 2500. The second-order valence-electron chi connectivity index (χ2n) is 12.2. The standard InChI is InChI=1S/C41H28N2O2/c1-2-11-25-23-33-26(22-24(25)10-1)20-21-29(27-12-3-4-13-28(27)33)40-42-39(38-31-15-6-8-18-35(31)45-41(38)43-40)32-16-9-19-36-37(32)30-14-5-7-17-34(30)44-36/h1-19,22-23,29,40,43H,20-21H2/t29-,40?/m0/s1. The second-order valence-corrected chi connectivity index (χ2v) is 12.2. The molecule has 8 aromatic rings. The van der Waals surface area contributed by atoms with Gasteiger partial charge in [-0.3, -0.25) is 4.99 Å². The smallest absolute Gasteiger partial charge is 0.205 e. The van der Waals surface area contributed by atoms with Gasteiger partial charge in [0.05, 0.1) is 11.3 Å². The molecule has 1 aliphatic heterocycles. The lowest BCUT2D eigenvalue weighted by molar-refractivity contribution is 0.521. The predicted octanol–water partition coefficient (Wildman–Crippen LogP) is 10.5. The van der Waals surface area contributed by atoms with Crippen LogP contribution in [-0.4, -0.2) is 11.9 Å². The van der Waals surface area contributed by atoms with Crippen molar-refractivity contribution in [3.63, 3.8) is 0 Å². The van der Waals surface area contributed by atoms with Crippen LogP contribution in [0.2, 0.25) is 0 Å². The van der Waals surface area contributed by atoms with E-state index < -0.39 is 0 Å². The number of benzene rings is 6. The maximum atomic E-state index is 6.56. The van der Waals surface area contributed by atoms with Gasteiger partial charge in [0.2, 0.25) is 5.88 Å². The summed E-state index contributed by atoms with van der Waals surface area (Å²) >= 11 is 0. The van der Waals surface area contributed by atoms with E-state index in [4.69, 9.17) is 13.8 Å². The van der Waals surface area contributed by atoms with E-state index in [0.717, 1.165) is 68.5 Å². The molecular formula is C41H28N2O2. The second kappa shape index (κ2) is 9.44. The molecule has 6 aromatic carbocycles. The van der Waals surface area contributed by atoms with Gasteiger partial charge < -0.3 is 14.2 Å². The molecule has 2 aliphatic rings. The van der Waals surface area contributed by atoms with Crippen molar-refractivity contribution in [3.8, 4) is 11.1 Å². The third kappa shape index (κ3) is 3.69. The molecule has 0 bridgehead atoms. The number of fused-ring (bicyclic) bond motifs is 10. The molecule has 2 aromatic heterocycles. The Hall–Kier alpha value is -5.61. The van der Waals surface area contributed by atoms with Crippen LogP contribution in [0.15, 0.2) is 141 Å². The number of aryl methyl sites for hydroxylation is 1. The summed E-state index contributed by atoms with van der Waals surface area (Å²) in [5.41, 5.74) is 10.9. The average molecular weight is 581 g/mol. The molecule has 2 atom stereocenters. The predicted molar refractivity (Wildman–Crippen MR) is 183 cm³/mol. The summed E-state index contributed by atoms with van der Waals surface area (Å²) in [6.07, 6.45) is 1.72. The largest absolute Gasteiger partial charge is 0.456 e. The van der Waals surface area contributed by atoms with E-state index in [1.54, 1.807) is 0 Å². The number of rotatable bonds is 2. The first-order chi connectivity index (χ1) is 22.3. The van der Waals surface area contributed by atoms with E-state index >= 15 is 0 Å². The first kappa shape index (κ1) is 24.8. The third-order valence-electron chi connectivity index (χ3n) is 9.76. The SMILES string of the molecule is c1ccc2c(c1)-c1cc3ccccc3cc1CC[C@@H]2C1N=C(c2cccc3oc4ccccc4c23)c2c(oc3ccccc23)N1. The zero-order valence-corrected chi connectivity index (χ0v) is 24.5. The highest BCUT2D eigenvalue weighted by atomic mass is 16.4. The monoisotopic (exact) mass is 580 g/mol. The van der Waals surface area contributed by atoms with Gasteiger partial charge in [0, 0.05) is 27.6 Å². The van der Waals surface area contributed by atoms with Gasteiger partial charge >= 0.3 is 0 Å². The van der Waals surface area contributed by atoms with Crippen LogP contribution in [0, 0.1) is 0 Å². The van der Waals surface area contributed by atoms with Crippen molar-refractivity contribution >= 4 is 55.3 Å². The van der Waals surface area contributed by atoms with Crippen LogP contribution in [0.4, 0.5) is 5.88 Å². The number of hydrogen-bond donors (Lipinski definition) is 1. The fourth-order valence-corrected chi connectivity index (χ4v) is 7.72. The minimum atomic E-state index is -0.216. The van der Waals surface area contributed by atoms with Crippen LogP contribution >= 0.6 is 0 Å². The van der Waals surface area contributed by atoms with E-state index in [-0.39, 0.29) is 12.1 Å². The minimum Gasteiger partial charge on any atom is -0.456 e. The Labute approximate surface area is 259 Å². The van der Waals surface area contributed by atoms with E-state index in [0.29, 0.717) is 0 Å². The van der Waals surface area contributed by atoms with E-state index in [1.807, 2.05) is 24.3 Å². The average Bonchev–Trinajstić information content (AvgIpc) is 3.61. The lowest BCUT2D eigenvalue weighted by Gasteiger charge is -2.30. The summed E-state index contributed by atoms with van der Waals surface area (Å²) in [6.45, 7) is 0. The van der Waals surface area contributed by atoms with Gasteiger partial charge in [0.15, 0.2) is 0 Å². The Morgan fingerprint density at radius 2 is 1.29 bits per heavy atom. The topological polar surface area (TPSA) is 50.7 Å². The van der Waals surface area contributed by atoms with E-state index in [2.05, 4.69) is 108 Å². The summed E-state index contributed by atoms with van der Waals surface area (Å²) in [6, 6.07) is 45.2. The zero-order chi connectivity index (χ0) is 29.5. The quantitative estimate of drug-likeness (QED) is 0.221. The van der Waals surface area contributed by atoms with Gasteiger partial charge in [-0.25, -0.2) is 0 Å². The fraction of sp³-hybridized carbons (Fsp3) is 0.0976. The normalized spacial score (nSPS) is 17.5. The molecule has 3 heterocycles.